The summed E-state index contributed by atoms with van der Waals surface area (Å²) >= 11 is 0. The molecule has 6 nitrogen and oxygen atoms in total. The van der Waals surface area contributed by atoms with E-state index in [1.165, 1.54) is 0 Å². The summed E-state index contributed by atoms with van der Waals surface area (Å²) in [5.41, 5.74) is 1.84. The number of para-hydroxylation sites is 1. The molecule has 2 fully saturated rings. The lowest BCUT2D eigenvalue weighted by Gasteiger charge is -2.43. The summed E-state index contributed by atoms with van der Waals surface area (Å²) < 4.78 is 0. The van der Waals surface area contributed by atoms with Crippen LogP contribution in [0, 0.1) is 18.3 Å². The molecule has 2 unspecified atom stereocenters. The second-order valence-electron chi connectivity index (χ2n) is 10.00. The van der Waals surface area contributed by atoms with Crippen molar-refractivity contribution in [1.29, 1.82) is 0 Å². The van der Waals surface area contributed by atoms with Crippen molar-refractivity contribution in [3.63, 3.8) is 0 Å². The molecule has 1 spiro atoms. The Hall–Kier alpha value is -2.37. The third-order valence-electron chi connectivity index (χ3n) is 6.12. The van der Waals surface area contributed by atoms with Crippen LogP contribution < -0.4 is 10.6 Å². The number of aryl methyl sites for hydroxylation is 1. The zero-order chi connectivity index (χ0) is 21.6. The first-order valence-corrected chi connectivity index (χ1v) is 10.5. The average molecular weight is 400 g/mol. The molecule has 1 aliphatic heterocycles. The second kappa shape index (κ2) is 7.47. The Morgan fingerprint density at radius 1 is 1.28 bits per heavy atom. The molecule has 1 saturated heterocycles. The van der Waals surface area contributed by atoms with Gasteiger partial charge < -0.3 is 10.6 Å². The van der Waals surface area contributed by atoms with E-state index < -0.39 is 11.6 Å². The summed E-state index contributed by atoms with van der Waals surface area (Å²) in [4.78, 5) is 39.7. The quantitative estimate of drug-likeness (QED) is 0.745. The number of amides is 4. The maximum atomic E-state index is 13.2. The van der Waals surface area contributed by atoms with E-state index in [9.17, 15) is 14.4 Å². The van der Waals surface area contributed by atoms with Gasteiger partial charge in [0.05, 0.1) is 0 Å². The van der Waals surface area contributed by atoms with Gasteiger partial charge in [0.2, 0.25) is 5.91 Å². The van der Waals surface area contributed by atoms with Crippen LogP contribution in [0.5, 0.6) is 0 Å². The van der Waals surface area contributed by atoms with Crippen molar-refractivity contribution in [1.82, 2.24) is 10.2 Å². The number of hydrogen-bond acceptors (Lipinski definition) is 3. The first-order chi connectivity index (χ1) is 13.4. The van der Waals surface area contributed by atoms with E-state index in [0.717, 1.165) is 28.1 Å². The van der Waals surface area contributed by atoms with Gasteiger partial charge in [0, 0.05) is 5.69 Å². The summed E-state index contributed by atoms with van der Waals surface area (Å²) in [6, 6.07) is 5.42. The maximum absolute atomic E-state index is 13.2. The van der Waals surface area contributed by atoms with Crippen molar-refractivity contribution >= 4 is 23.5 Å². The molecule has 2 N–H and O–H groups in total. The van der Waals surface area contributed by atoms with Crippen LogP contribution in [-0.4, -0.2) is 34.8 Å². The normalized spacial score (nSPS) is 26.2. The number of carbonyl (C=O) groups excluding carboxylic acids is 3. The number of hydrogen-bond donors (Lipinski definition) is 2. The summed E-state index contributed by atoms with van der Waals surface area (Å²) in [6.45, 7) is 12.2. The summed E-state index contributed by atoms with van der Waals surface area (Å²) in [6.07, 6.45) is 2.24. The topological polar surface area (TPSA) is 78.5 Å². The number of carbonyl (C=O) groups is 3. The Morgan fingerprint density at radius 2 is 1.97 bits per heavy atom. The number of nitrogens with zero attached hydrogens (tertiary/aromatic N) is 1. The highest BCUT2D eigenvalue weighted by Gasteiger charge is 2.56. The smallest absolute Gasteiger partial charge is 0.324 e. The lowest BCUT2D eigenvalue weighted by molar-refractivity contribution is -0.136. The highest BCUT2D eigenvalue weighted by molar-refractivity contribution is 6.10. The van der Waals surface area contributed by atoms with E-state index in [4.69, 9.17) is 0 Å². The zero-order valence-electron chi connectivity index (χ0n) is 18.4. The molecule has 2 atom stereocenters. The fraction of sp³-hybridized carbons (Fsp3) is 0.609. The molecule has 1 aliphatic carbocycles. The van der Waals surface area contributed by atoms with Crippen molar-refractivity contribution in [3.05, 3.63) is 29.3 Å². The van der Waals surface area contributed by atoms with Gasteiger partial charge in [-0.2, -0.15) is 0 Å². The van der Waals surface area contributed by atoms with Gasteiger partial charge in [-0.05, 0) is 54.6 Å². The zero-order valence-corrected chi connectivity index (χ0v) is 18.4. The Morgan fingerprint density at radius 3 is 2.59 bits per heavy atom. The van der Waals surface area contributed by atoms with E-state index in [1.54, 1.807) is 0 Å². The number of urea groups is 1. The van der Waals surface area contributed by atoms with Crippen molar-refractivity contribution < 1.29 is 14.4 Å². The molecule has 0 aromatic heterocycles. The standard InChI is InChI=1S/C23H33N3O3/c1-14(2)17-9-7-8-16(4)19(17)24-18(27)12-26-20(28)23(25-21(26)29)11-15(3)10-22(5,6)13-23/h7-9,14-15H,10-13H2,1-6H3,(H,24,27)(H,25,29). The summed E-state index contributed by atoms with van der Waals surface area (Å²) in [5.74, 6) is -0.0514. The van der Waals surface area contributed by atoms with Crippen LogP contribution >= 0.6 is 0 Å². The molecule has 1 heterocycles. The lowest BCUT2D eigenvalue weighted by atomic mass is 9.64. The van der Waals surface area contributed by atoms with Crippen LogP contribution in [0.2, 0.25) is 0 Å². The molecule has 29 heavy (non-hydrogen) atoms. The number of nitrogens with one attached hydrogen (secondary N) is 2. The maximum Gasteiger partial charge on any atom is 0.325 e. The first kappa shape index (κ1) is 21.3. The third kappa shape index (κ3) is 4.16. The van der Waals surface area contributed by atoms with Crippen molar-refractivity contribution in [3.8, 4) is 0 Å². The van der Waals surface area contributed by atoms with E-state index >= 15 is 0 Å². The van der Waals surface area contributed by atoms with Gasteiger partial charge in [-0.3, -0.25) is 14.5 Å². The molecule has 1 aromatic rings. The van der Waals surface area contributed by atoms with E-state index in [1.807, 2.05) is 25.1 Å². The monoisotopic (exact) mass is 399 g/mol. The fourth-order valence-electron chi connectivity index (χ4n) is 5.31. The van der Waals surface area contributed by atoms with Crippen LogP contribution in [0.15, 0.2) is 18.2 Å². The lowest BCUT2D eigenvalue weighted by Crippen LogP contribution is -2.54. The fourth-order valence-corrected chi connectivity index (χ4v) is 5.31. The van der Waals surface area contributed by atoms with Gasteiger partial charge >= 0.3 is 6.03 Å². The number of anilines is 1. The number of imide groups is 1. The molecule has 0 radical (unpaired) electrons. The number of rotatable bonds is 4. The van der Waals surface area contributed by atoms with Gasteiger partial charge in [0.25, 0.3) is 5.91 Å². The van der Waals surface area contributed by atoms with Crippen LogP contribution in [0.1, 0.15) is 70.9 Å². The highest BCUT2D eigenvalue weighted by Crippen LogP contribution is 2.46. The molecular weight excluding hydrogens is 366 g/mol. The molecule has 158 valence electrons. The SMILES string of the molecule is Cc1cccc(C(C)C)c1NC(=O)CN1C(=O)NC2(CC(C)CC(C)(C)C2)C1=O. The van der Waals surface area contributed by atoms with Crippen molar-refractivity contribution in [2.45, 2.75) is 72.3 Å². The summed E-state index contributed by atoms with van der Waals surface area (Å²) in [5, 5.41) is 5.85. The van der Waals surface area contributed by atoms with E-state index in [2.05, 4.69) is 45.3 Å². The molecule has 1 aromatic carbocycles. The van der Waals surface area contributed by atoms with E-state index in [-0.39, 0.29) is 29.7 Å². The van der Waals surface area contributed by atoms with E-state index in [0.29, 0.717) is 18.8 Å². The minimum Gasteiger partial charge on any atom is -0.324 e. The molecular formula is C23H33N3O3. The van der Waals surface area contributed by atoms with Crippen molar-refractivity contribution in [2.75, 3.05) is 11.9 Å². The minimum atomic E-state index is -0.885. The number of benzene rings is 1. The first-order valence-electron chi connectivity index (χ1n) is 10.5. The van der Waals surface area contributed by atoms with Gasteiger partial charge in [-0.25, -0.2) is 4.79 Å². The van der Waals surface area contributed by atoms with Crippen LogP contribution in [0.4, 0.5) is 10.5 Å². The van der Waals surface area contributed by atoms with Crippen LogP contribution in [0.25, 0.3) is 0 Å². The molecule has 0 bridgehead atoms. The van der Waals surface area contributed by atoms with Gasteiger partial charge in [-0.1, -0.05) is 52.8 Å². The van der Waals surface area contributed by atoms with Crippen LogP contribution in [0.3, 0.4) is 0 Å². The van der Waals surface area contributed by atoms with Crippen molar-refractivity contribution in [2.24, 2.45) is 11.3 Å². The molecule has 6 heteroatoms. The predicted molar refractivity (Wildman–Crippen MR) is 114 cm³/mol. The highest BCUT2D eigenvalue weighted by atomic mass is 16.2. The van der Waals surface area contributed by atoms with Gasteiger partial charge in [0.1, 0.15) is 12.1 Å². The largest absolute Gasteiger partial charge is 0.325 e. The average Bonchev–Trinajstić information content (AvgIpc) is 2.78. The molecule has 3 rings (SSSR count). The molecule has 1 saturated carbocycles. The van der Waals surface area contributed by atoms with Crippen LogP contribution in [-0.2, 0) is 9.59 Å². The minimum absolute atomic E-state index is 0.0355. The second-order valence-corrected chi connectivity index (χ2v) is 10.00. The molecule has 4 amide bonds. The van der Waals surface area contributed by atoms with Gasteiger partial charge in [-0.15, -0.1) is 0 Å². The Labute approximate surface area is 173 Å². The third-order valence-corrected chi connectivity index (χ3v) is 6.12. The molecule has 2 aliphatic rings. The summed E-state index contributed by atoms with van der Waals surface area (Å²) in [7, 11) is 0. The predicted octanol–water partition coefficient (Wildman–Crippen LogP) is 4.19. The Balaban J connectivity index is 1.77. The Bertz CT molecular complexity index is 846. The van der Waals surface area contributed by atoms with Gasteiger partial charge in [0.15, 0.2) is 0 Å². The Kier molecular flexibility index (Phi) is 5.50.